The average Bonchev–Trinajstić information content (AvgIpc) is 2.73. The number of ketones is 1. The van der Waals surface area contributed by atoms with Crippen LogP contribution in [0.15, 0.2) is 35.9 Å². The van der Waals surface area contributed by atoms with Crippen LogP contribution in [-0.4, -0.2) is 24.5 Å². The van der Waals surface area contributed by atoms with E-state index in [0.29, 0.717) is 12.0 Å². The number of hydrogen-bond donors (Lipinski definition) is 0. The SMILES string of the molecule is CC1(C)C2CC[C@]1(CS(=O)(=O)[O-])C(=O)/C2=C/c1ccccc1. The highest BCUT2D eigenvalue weighted by Gasteiger charge is 2.66. The molecule has 2 atom stereocenters. The lowest BCUT2D eigenvalue weighted by molar-refractivity contribution is -0.125. The first-order valence-electron chi connectivity index (χ1n) is 7.42. The van der Waals surface area contributed by atoms with Crippen LogP contribution < -0.4 is 0 Å². The van der Waals surface area contributed by atoms with Gasteiger partial charge in [-0.15, -0.1) is 0 Å². The van der Waals surface area contributed by atoms with E-state index in [2.05, 4.69) is 0 Å². The van der Waals surface area contributed by atoms with Crippen molar-refractivity contribution in [3.8, 4) is 0 Å². The summed E-state index contributed by atoms with van der Waals surface area (Å²) in [5, 5.41) is 0. The molecule has 0 aliphatic heterocycles. The zero-order valence-corrected chi connectivity index (χ0v) is 13.5. The number of Topliss-reactive ketones (excluding diaryl/α,β-unsaturated/α-hetero) is 1. The first kappa shape index (κ1) is 15.4. The van der Waals surface area contributed by atoms with E-state index in [-0.39, 0.29) is 11.7 Å². The van der Waals surface area contributed by atoms with Crippen LogP contribution in [0.4, 0.5) is 0 Å². The fourth-order valence-corrected chi connectivity index (χ4v) is 5.56. The molecule has 2 bridgehead atoms. The lowest BCUT2D eigenvalue weighted by Crippen LogP contribution is -2.42. The second-order valence-corrected chi connectivity index (χ2v) is 8.34. The molecular formula is C17H19O4S-. The molecule has 2 saturated carbocycles. The number of benzene rings is 1. The van der Waals surface area contributed by atoms with Gasteiger partial charge in [0.25, 0.3) is 0 Å². The van der Waals surface area contributed by atoms with E-state index in [4.69, 9.17) is 0 Å². The highest BCUT2D eigenvalue weighted by atomic mass is 32.2. The van der Waals surface area contributed by atoms with E-state index in [9.17, 15) is 17.8 Å². The molecule has 0 spiro atoms. The summed E-state index contributed by atoms with van der Waals surface area (Å²) in [5.74, 6) is -0.729. The Hall–Kier alpha value is -1.46. The maximum atomic E-state index is 12.9. The molecule has 0 N–H and O–H groups in total. The third-order valence-corrected chi connectivity index (χ3v) is 6.43. The maximum Gasteiger partial charge on any atom is 0.166 e. The largest absolute Gasteiger partial charge is 0.748 e. The van der Waals surface area contributed by atoms with Gasteiger partial charge in [-0.3, -0.25) is 4.79 Å². The zero-order chi connectivity index (χ0) is 16.2. The molecule has 2 fully saturated rings. The molecule has 3 rings (SSSR count). The minimum atomic E-state index is -4.45. The highest BCUT2D eigenvalue weighted by molar-refractivity contribution is 7.85. The molecular weight excluding hydrogens is 300 g/mol. The number of fused-ring (bicyclic) bond motifs is 2. The Bertz CT molecular complexity index is 746. The third-order valence-electron chi connectivity index (χ3n) is 5.58. The van der Waals surface area contributed by atoms with Crippen molar-refractivity contribution in [1.29, 1.82) is 0 Å². The second kappa shape index (κ2) is 4.77. The van der Waals surface area contributed by atoms with Gasteiger partial charge in [-0.05, 0) is 35.8 Å². The van der Waals surface area contributed by atoms with E-state index >= 15 is 0 Å². The number of carbonyl (C=O) groups is 1. The van der Waals surface area contributed by atoms with Crippen LogP contribution in [-0.2, 0) is 14.9 Å². The van der Waals surface area contributed by atoms with Crippen molar-refractivity contribution in [2.24, 2.45) is 16.7 Å². The first-order chi connectivity index (χ1) is 10.2. The monoisotopic (exact) mass is 319 g/mol. The summed E-state index contributed by atoms with van der Waals surface area (Å²) in [7, 11) is -4.45. The predicted molar refractivity (Wildman–Crippen MR) is 82.9 cm³/mol. The summed E-state index contributed by atoms with van der Waals surface area (Å²) in [4.78, 5) is 12.9. The Labute approximate surface area is 131 Å². The highest BCUT2D eigenvalue weighted by Crippen LogP contribution is 2.66. The van der Waals surface area contributed by atoms with Crippen molar-refractivity contribution < 1.29 is 17.8 Å². The molecule has 4 nitrogen and oxygen atoms in total. The molecule has 2 aliphatic carbocycles. The Balaban J connectivity index is 2.09. The van der Waals surface area contributed by atoms with Crippen molar-refractivity contribution >= 4 is 22.0 Å². The third kappa shape index (κ3) is 2.15. The van der Waals surface area contributed by atoms with Gasteiger partial charge < -0.3 is 4.55 Å². The molecule has 1 unspecified atom stereocenters. The number of carbonyl (C=O) groups excluding carboxylic acids is 1. The summed E-state index contributed by atoms with van der Waals surface area (Å²) < 4.78 is 34.0. The molecule has 0 radical (unpaired) electrons. The van der Waals surface area contributed by atoms with Crippen LogP contribution in [0.5, 0.6) is 0 Å². The van der Waals surface area contributed by atoms with Crippen LogP contribution in [0.25, 0.3) is 6.08 Å². The predicted octanol–water partition coefficient (Wildman–Crippen LogP) is 2.62. The van der Waals surface area contributed by atoms with E-state index in [1.807, 2.05) is 50.3 Å². The maximum absolute atomic E-state index is 12.9. The van der Waals surface area contributed by atoms with E-state index < -0.39 is 26.7 Å². The minimum Gasteiger partial charge on any atom is -0.748 e. The van der Waals surface area contributed by atoms with Gasteiger partial charge >= 0.3 is 0 Å². The number of hydrogen-bond acceptors (Lipinski definition) is 4. The standard InChI is InChI=1S/C17H20O4S/c1-16(2)14-8-9-17(16,11-22(19,20)21)15(18)13(14)10-12-6-4-3-5-7-12/h3-7,10,14H,8-9,11H2,1-2H3,(H,19,20,21)/p-1/b13-10+/t14?,17-/m0/s1. The van der Waals surface area contributed by atoms with Gasteiger partial charge in [0.1, 0.15) is 0 Å². The second-order valence-electron chi connectivity index (χ2n) is 6.94. The van der Waals surface area contributed by atoms with Gasteiger partial charge in [-0.25, -0.2) is 8.42 Å². The van der Waals surface area contributed by atoms with Crippen LogP contribution >= 0.6 is 0 Å². The molecule has 118 valence electrons. The normalized spacial score (nSPS) is 31.9. The molecule has 0 amide bonds. The van der Waals surface area contributed by atoms with E-state index in [0.717, 1.165) is 12.0 Å². The Morgan fingerprint density at radius 2 is 1.91 bits per heavy atom. The van der Waals surface area contributed by atoms with Crippen molar-refractivity contribution in [3.63, 3.8) is 0 Å². The van der Waals surface area contributed by atoms with Gasteiger partial charge in [-0.2, -0.15) is 0 Å². The molecule has 0 saturated heterocycles. The summed E-state index contributed by atoms with van der Waals surface area (Å²) in [5.41, 5.74) is 0.0431. The van der Waals surface area contributed by atoms with Crippen LogP contribution in [0.3, 0.4) is 0 Å². The van der Waals surface area contributed by atoms with Crippen molar-refractivity contribution in [2.75, 3.05) is 5.75 Å². The van der Waals surface area contributed by atoms with Crippen LogP contribution in [0.2, 0.25) is 0 Å². The molecule has 1 aromatic rings. The van der Waals surface area contributed by atoms with Crippen LogP contribution in [0, 0.1) is 16.7 Å². The van der Waals surface area contributed by atoms with Crippen molar-refractivity contribution in [2.45, 2.75) is 26.7 Å². The summed E-state index contributed by atoms with van der Waals surface area (Å²) in [6.45, 7) is 3.83. The first-order valence-corrected chi connectivity index (χ1v) is 9.00. The smallest absolute Gasteiger partial charge is 0.166 e. The van der Waals surface area contributed by atoms with Gasteiger partial charge in [-0.1, -0.05) is 44.2 Å². The molecule has 2 aliphatic rings. The number of rotatable bonds is 3. The van der Waals surface area contributed by atoms with Crippen molar-refractivity contribution in [1.82, 2.24) is 0 Å². The van der Waals surface area contributed by atoms with Gasteiger partial charge in [0, 0.05) is 5.57 Å². The molecule has 22 heavy (non-hydrogen) atoms. The summed E-state index contributed by atoms with van der Waals surface area (Å²) in [6, 6.07) is 9.52. The average molecular weight is 319 g/mol. The van der Waals surface area contributed by atoms with Gasteiger partial charge in [0.15, 0.2) is 5.78 Å². The molecule has 0 heterocycles. The molecule has 5 heteroatoms. The Morgan fingerprint density at radius 3 is 2.50 bits per heavy atom. The quantitative estimate of drug-likeness (QED) is 0.634. The Morgan fingerprint density at radius 1 is 1.27 bits per heavy atom. The minimum absolute atomic E-state index is 0.0157. The topological polar surface area (TPSA) is 74.3 Å². The fraction of sp³-hybridized carbons (Fsp3) is 0.471. The summed E-state index contributed by atoms with van der Waals surface area (Å²) in [6.07, 6.45) is 3.09. The molecule has 0 aromatic heterocycles. The van der Waals surface area contributed by atoms with E-state index in [1.165, 1.54) is 0 Å². The van der Waals surface area contributed by atoms with Crippen LogP contribution in [0.1, 0.15) is 32.3 Å². The molecule has 1 aromatic carbocycles. The fourth-order valence-electron chi connectivity index (χ4n) is 4.31. The van der Waals surface area contributed by atoms with Gasteiger partial charge in [0.05, 0.1) is 21.3 Å². The van der Waals surface area contributed by atoms with Crippen molar-refractivity contribution in [3.05, 3.63) is 41.5 Å². The summed E-state index contributed by atoms with van der Waals surface area (Å²) >= 11 is 0. The number of allylic oxidation sites excluding steroid dienone is 1. The lowest BCUT2D eigenvalue weighted by atomic mass is 9.70. The Kier molecular flexibility index (Phi) is 3.34. The lowest BCUT2D eigenvalue weighted by Gasteiger charge is -2.36. The van der Waals surface area contributed by atoms with E-state index in [1.54, 1.807) is 0 Å². The zero-order valence-electron chi connectivity index (χ0n) is 12.7. The van der Waals surface area contributed by atoms with Gasteiger partial charge in [0.2, 0.25) is 0 Å².